The molecule has 0 spiro atoms. The van der Waals surface area contributed by atoms with Crippen LogP contribution in [0.1, 0.15) is 36.3 Å². The first-order valence-electron chi connectivity index (χ1n) is 7.81. The molecule has 8 nitrogen and oxygen atoms in total. The minimum atomic E-state index is 0.444. The highest BCUT2D eigenvalue weighted by Crippen LogP contribution is 2.26. The van der Waals surface area contributed by atoms with Crippen LogP contribution in [0.3, 0.4) is 0 Å². The maximum absolute atomic E-state index is 5.24. The van der Waals surface area contributed by atoms with Crippen LogP contribution in [0.5, 0.6) is 0 Å². The molecule has 0 saturated carbocycles. The summed E-state index contributed by atoms with van der Waals surface area (Å²) in [7, 11) is 3.68. The van der Waals surface area contributed by atoms with Crippen molar-refractivity contribution in [3.8, 4) is 0 Å². The van der Waals surface area contributed by atoms with E-state index in [1.54, 1.807) is 18.9 Å². The second-order valence-corrected chi connectivity index (χ2v) is 6.52. The van der Waals surface area contributed by atoms with Gasteiger partial charge in [0, 0.05) is 33.0 Å². The number of thioether (sulfide) groups is 1. The van der Waals surface area contributed by atoms with Gasteiger partial charge in [-0.1, -0.05) is 16.9 Å². The molecule has 1 N–H and O–H groups in total. The highest BCUT2D eigenvalue weighted by Gasteiger charge is 2.22. The Bertz CT molecular complexity index is 623. The second-order valence-electron chi connectivity index (χ2n) is 5.58. The van der Waals surface area contributed by atoms with Gasteiger partial charge in [-0.05, 0) is 19.4 Å². The van der Waals surface area contributed by atoms with Gasteiger partial charge in [-0.25, -0.2) is 0 Å². The lowest BCUT2D eigenvalue weighted by molar-refractivity contribution is 0.199. The maximum atomic E-state index is 5.24. The number of ether oxygens (including phenoxy) is 1. The number of methoxy groups -OCH3 is 1. The molecule has 0 aliphatic carbocycles. The highest BCUT2D eigenvalue weighted by atomic mass is 32.2. The van der Waals surface area contributed by atoms with Crippen molar-refractivity contribution in [2.24, 2.45) is 7.05 Å². The maximum Gasteiger partial charge on any atom is 0.237 e. The normalized spacial score (nSPS) is 18.4. The Kier molecular flexibility index (Phi) is 5.63. The van der Waals surface area contributed by atoms with Gasteiger partial charge in [0.25, 0.3) is 0 Å². The molecule has 23 heavy (non-hydrogen) atoms. The zero-order chi connectivity index (χ0) is 16.1. The number of rotatable bonds is 7. The van der Waals surface area contributed by atoms with Crippen LogP contribution >= 0.6 is 11.8 Å². The minimum Gasteiger partial charge on any atom is -0.384 e. The van der Waals surface area contributed by atoms with E-state index in [9.17, 15) is 0 Å². The van der Waals surface area contributed by atoms with Crippen molar-refractivity contribution in [2.75, 3.05) is 26.8 Å². The molecule has 1 atom stereocenters. The molecular weight excluding hydrogens is 316 g/mol. The Labute approximate surface area is 139 Å². The van der Waals surface area contributed by atoms with E-state index in [-0.39, 0.29) is 0 Å². The van der Waals surface area contributed by atoms with Gasteiger partial charge in [0.2, 0.25) is 5.89 Å². The molecule has 3 heterocycles. The molecule has 1 unspecified atom stereocenters. The molecule has 3 rings (SSSR count). The summed E-state index contributed by atoms with van der Waals surface area (Å²) in [5, 5.41) is 16.9. The Morgan fingerprint density at radius 1 is 1.43 bits per heavy atom. The smallest absolute Gasteiger partial charge is 0.237 e. The largest absolute Gasteiger partial charge is 0.384 e. The Hall–Kier alpha value is -1.45. The average molecular weight is 338 g/mol. The van der Waals surface area contributed by atoms with Crippen molar-refractivity contribution < 1.29 is 9.26 Å². The van der Waals surface area contributed by atoms with Crippen LogP contribution in [-0.4, -0.2) is 51.7 Å². The van der Waals surface area contributed by atoms with Crippen molar-refractivity contribution in [3.05, 3.63) is 17.5 Å². The lowest BCUT2D eigenvalue weighted by Crippen LogP contribution is -2.29. The quantitative estimate of drug-likeness (QED) is 0.752. The average Bonchev–Trinajstić information content (AvgIpc) is 3.18. The molecule has 1 aliphatic rings. The number of nitrogens with zero attached hydrogens (tertiary/aromatic N) is 5. The summed E-state index contributed by atoms with van der Waals surface area (Å²) in [6, 6.07) is 0. The SMILES string of the molecule is COCCc1noc(CSc2nnc(C3CCCNC3)n2C)n1. The number of piperidine rings is 1. The number of aromatic nitrogens is 5. The molecule has 9 heteroatoms. The Morgan fingerprint density at radius 2 is 2.35 bits per heavy atom. The first-order chi connectivity index (χ1) is 11.3. The van der Waals surface area contributed by atoms with E-state index in [4.69, 9.17) is 9.26 Å². The third-order valence-corrected chi connectivity index (χ3v) is 4.90. The lowest BCUT2D eigenvalue weighted by Gasteiger charge is -2.21. The fourth-order valence-electron chi connectivity index (χ4n) is 2.65. The molecule has 0 aromatic carbocycles. The molecule has 0 bridgehead atoms. The first-order valence-corrected chi connectivity index (χ1v) is 8.79. The summed E-state index contributed by atoms with van der Waals surface area (Å²) in [6.45, 7) is 2.66. The molecule has 1 saturated heterocycles. The van der Waals surface area contributed by atoms with E-state index < -0.39 is 0 Å². The van der Waals surface area contributed by atoms with Crippen molar-refractivity contribution in [3.63, 3.8) is 0 Å². The summed E-state index contributed by atoms with van der Waals surface area (Å²) >= 11 is 1.56. The lowest BCUT2D eigenvalue weighted by atomic mass is 9.99. The molecule has 1 aliphatic heterocycles. The molecule has 0 radical (unpaired) electrons. The molecule has 1 fully saturated rings. The number of nitrogens with one attached hydrogen (secondary N) is 1. The minimum absolute atomic E-state index is 0.444. The van der Waals surface area contributed by atoms with Crippen LogP contribution in [0.2, 0.25) is 0 Å². The fraction of sp³-hybridized carbons (Fsp3) is 0.714. The highest BCUT2D eigenvalue weighted by molar-refractivity contribution is 7.98. The van der Waals surface area contributed by atoms with Gasteiger partial charge in [0.05, 0.1) is 12.4 Å². The van der Waals surface area contributed by atoms with Crippen LogP contribution in [0.4, 0.5) is 0 Å². The van der Waals surface area contributed by atoms with Gasteiger partial charge in [-0.2, -0.15) is 4.98 Å². The van der Waals surface area contributed by atoms with E-state index in [0.29, 0.717) is 36.4 Å². The van der Waals surface area contributed by atoms with E-state index in [2.05, 4.69) is 30.2 Å². The zero-order valence-corrected chi connectivity index (χ0v) is 14.3. The second kappa shape index (κ2) is 7.89. The number of hydrogen-bond acceptors (Lipinski definition) is 8. The molecule has 126 valence electrons. The molecule has 2 aromatic heterocycles. The van der Waals surface area contributed by atoms with Gasteiger partial charge < -0.3 is 19.1 Å². The van der Waals surface area contributed by atoms with Crippen LogP contribution < -0.4 is 5.32 Å². The van der Waals surface area contributed by atoms with Crippen LogP contribution in [0, 0.1) is 0 Å². The van der Waals surface area contributed by atoms with Gasteiger partial charge in [-0.15, -0.1) is 10.2 Å². The van der Waals surface area contributed by atoms with E-state index >= 15 is 0 Å². The van der Waals surface area contributed by atoms with Gasteiger partial charge >= 0.3 is 0 Å². The molecule has 2 aromatic rings. The van der Waals surface area contributed by atoms with Crippen molar-refractivity contribution in [2.45, 2.75) is 36.1 Å². The third kappa shape index (κ3) is 4.10. The van der Waals surface area contributed by atoms with Crippen molar-refractivity contribution in [1.82, 2.24) is 30.2 Å². The third-order valence-electron chi connectivity index (χ3n) is 3.90. The molecule has 0 amide bonds. The topological polar surface area (TPSA) is 90.9 Å². The van der Waals surface area contributed by atoms with Crippen LogP contribution in [0.25, 0.3) is 0 Å². The standard InChI is InChI=1S/C14H22N6O2S/c1-20-13(10-4-3-6-15-8-10)17-18-14(20)23-9-12-16-11(19-22-12)5-7-21-2/h10,15H,3-9H2,1-2H3. The predicted octanol–water partition coefficient (Wildman–Crippen LogP) is 1.15. The van der Waals surface area contributed by atoms with Crippen LogP contribution in [0.15, 0.2) is 9.68 Å². The summed E-state index contributed by atoms with van der Waals surface area (Å²) in [5.41, 5.74) is 0. The van der Waals surface area contributed by atoms with Gasteiger partial charge in [0.15, 0.2) is 11.0 Å². The molecular formula is C14H22N6O2S. The Balaban J connectivity index is 1.58. The fourth-order valence-corrected chi connectivity index (χ4v) is 3.41. The Morgan fingerprint density at radius 3 is 3.13 bits per heavy atom. The summed E-state index contributed by atoms with van der Waals surface area (Å²) in [6.07, 6.45) is 3.01. The summed E-state index contributed by atoms with van der Waals surface area (Å²) in [5.74, 6) is 3.36. The van der Waals surface area contributed by atoms with E-state index in [0.717, 1.165) is 30.5 Å². The zero-order valence-electron chi connectivity index (χ0n) is 13.5. The van der Waals surface area contributed by atoms with E-state index in [1.807, 2.05) is 7.05 Å². The first kappa shape index (κ1) is 16.4. The van der Waals surface area contributed by atoms with Gasteiger partial charge in [0.1, 0.15) is 5.82 Å². The van der Waals surface area contributed by atoms with Crippen molar-refractivity contribution in [1.29, 1.82) is 0 Å². The van der Waals surface area contributed by atoms with Crippen LogP contribution in [-0.2, 0) is 24.0 Å². The van der Waals surface area contributed by atoms with Gasteiger partial charge in [-0.3, -0.25) is 0 Å². The van der Waals surface area contributed by atoms with Crippen molar-refractivity contribution >= 4 is 11.8 Å². The monoisotopic (exact) mass is 338 g/mol. The van der Waals surface area contributed by atoms with E-state index in [1.165, 1.54) is 6.42 Å². The summed E-state index contributed by atoms with van der Waals surface area (Å²) < 4.78 is 12.3. The number of hydrogen-bond donors (Lipinski definition) is 1. The predicted molar refractivity (Wildman–Crippen MR) is 85.3 cm³/mol. The summed E-state index contributed by atoms with van der Waals surface area (Å²) in [4.78, 5) is 4.34.